The smallest absolute Gasteiger partial charge is 0.288 e. The molecule has 8 heteroatoms. The fourth-order valence-electron chi connectivity index (χ4n) is 1.93. The van der Waals surface area contributed by atoms with Crippen LogP contribution in [0.3, 0.4) is 0 Å². The van der Waals surface area contributed by atoms with Crippen molar-refractivity contribution in [3.63, 3.8) is 0 Å². The zero-order valence-corrected chi connectivity index (χ0v) is 11.6. The maximum absolute atomic E-state index is 10.8. The molecule has 0 aliphatic heterocycles. The lowest BCUT2D eigenvalue weighted by Gasteiger charge is -2.09. The van der Waals surface area contributed by atoms with E-state index in [-0.39, 0.29) is 10.7 Å². The lowest BCUT2D eigenvalue weighted by Crippen LogP contribution is -1.94. The number of hydrogen-bond acceptors (Lipinski definition) is 5. The van der Waals surface area contributed by atoms with Crippen molar-refractivity contribution in [2.75, 3.05) is 0 Å². The van der Waals surface area contributed by atoms with Crippen molar-refractivity contribution < 1.29 is 9.66 Å². The molecule has 0 bridgehead atoms. The Balaban J connectivity index is 2.04. The van der Waals surface area contributed by atoms with E-state index < -0.39 is 4.92 Å². The number of nitro benzene ring substituents is 1. The predicted octanol–water partition coefficient (Wildman–Crippen LogP) is 3.62. The number of aromatic amines is 1. The highest BCUT2D eigenvalue weighted by atomic mass is 35.5. The van der Waals surface area contributed by atoms with E-state index in [4.69, 9.17) is 16.3 Å². The van der Waals surface area contributed by atoms with E-state index in [0.717, 1.165) is 0 Å². The third kappa shape index (κ3) is 2.38. The van der Waals surface area contributed by atoms with E-state index in [0.29, 0.717) is 28.1 Å². The maximum Gasteiger partial charge on any atom is 0.288 e. The lowest BCUT2D eigenvalue weighted by atomic mass is 10.2. The Kier molecular flexibility index (Phi) is 3.19. The van der Waals surface area contributed by atoms with E-state index in [1.807, 2.05) is 0 Å². The molecule has 3 rings (SSSR count). The summed E-state index contributed by atoms with van der Waals surface area (Å²) < 4.78 is 5.79. The van der Waals surface area contributed by atoms with Crippen molar-refractivity contribution >= 4 is 28.3 Å². The van der Waals surface area contributed by atoms with E-state index in [9.17, 15) is 10.1 Å². The SMILES string of the molecule is Cc1cc([N+](=O)[O-])c(Cl)cc1Oc1ccnc2[nH]ncc12. The monoisotopic (exact) mass is 304 g/mol. The van der Waals surface area contributed by atoms with Gasteiger partial charge in [0.25, 0.3) is 5.69 Å². The summed E-state index contributed by atoms with van der Waals surface area (Å²) in [6, 6.07) is 4.50. The molecule has 0 radical (unpaired) electrons. The second-order valence-electron chi connectivity index (χ2n) is 4.37. The van der Waals surface area contributed by atoms with Gasteiger partial charge in [-0.1, -0.05) is 11.6 Å². The minimum atomic E-state index is -0.528. The van der Waals surface area contributed by atoms with Crippen LogP contribution in [0.5, 0.6) is 11.5 Å². The fraction of sp³-hybridized carbons (Fsp3) is 0.0769. The molecule has 3 aromatic rings. The number of H-pyrrole nitrogens is 1. The molecule has 2 heterocycles. The van der Waals surface area contributed by atoms with Gasteiger partial charge in [-0.2, -0.15) is 5.10 Å². The minimum absolute atomic E-state index is 0.0260. The molecule has 0 saturated carbocycles. The zero-order valence-electron chi connectivity index (χ0n) is 10.8. The molecule has 2 aromatic heterocycles. The molecular formula is C13H9ClN4O3. The van der Waals surface area contributed by atoms with E-state index in [1.165, 1.54) is 12.1 Å². The molecule has 0 aliphatic carbocycles. The van der Waals surface area contributed by atoms with Gasteiger partial charge in [0.05, 0.1) is 16.5 Å². The summed E-state index contributed by atoms with van der Waals surface area (Å²) in [5, 5.41) is 18.2. The normalized spacial score (nSPS) is 10.8. The van der Waals surface area contributed by atoms with Gasteiger partial charge in [0.2, 0.25) is 0 Å². The van der Waals surface area contributed by atoms with Gasteiger partial charge in [0.1, 0.15) is 16.5 Å². The molecule has 0 spiro atoms. The van der Waals surface area contributed by atoms with Crippen LogP contribution in [-0.4, -0.2) is 20.1 Å². The van der Waals surface area contributed by atoms with Crippen LogP contribution in [0.25, 0.3) is 11.0 Å². The summed E-state index contributed by atoms with van der Waals surface area (Å²) in [4.78, 5) is 14.4. The van der Waals surface area contributed by atoms with Gasteiger partial charge in [-0.05, 0) is 18.6 Å². The van der Waals surface area contributed by atoms with Gasteiger partial charge in [-0.15, -0.1) is 0 Å². The molecule has 21 heavy (non-hydrogen) atoms. The van der Waals surface area contributed by atoms with Crippen LogP contribution in [0, 0.1) is 17.0 Å². The Morgan fingerprint density at radius 3 is 2.95 bits per heavy atom. The molecular weight excluding hydrogens is 296 g/mol. The standard InChI is InChI=1S/C13H9ClN4O3/c1-7-4-10(18(19)20)9(14)5-12(7)21-11-2-3-15-13-8(11)6-16-17-13/h2-6H,1H3,(H,15,16,17). The first-order valence-corrected chi connectivity index (χ1v) is 6.34. The van der Waals surface area contributed by atoms with Crippen LogP contribution in [-0.2, 0) is 0 Å². The van der Waals surface area contributed by atoms with Crippen LogP contribution in [0.1, 0.15) is 5.56 Å². The number of fused-ring (bicyclic) bond motifs is 1. The molecule has 1 N–H and O–H groups in total. The van der Waals surface area contributed by atoms with Crippen LogP contribution >= 0.6 is 11.6 Å². The van der Waals surface area contributed by atoms with Gasteiger partial charge in [-0.3, -0.25) is 15.2 Å². The molecule has 0 unspecified atom stereocenters. The quantitative estimate of drug-likeness (QED) is 0.589. The first kappa shape index (κ1) is 13.3. The summed E-state index contributed by atoms with van der Waals surface area (Å²) in [7, 11) is 0. The Bertz CT molecular complexity index is 847. The van der Waals surface area contributed by atoms with Crippen molar-refractivity contribution in [3.8, 4) is 11.5 Å². The highest BCUT2D eigenvalue weighted by molar-refractivity contribution is 6.32. The molecule has 0 amide bonds. The van der Waals surface area contributed by atoms with Gasteiger partial charge in [-0.25, -0.2) is 4.98 Å². The highest BCUT2D eigenvalue weighted by Gasteiger charge is 2.17. The first-order chi connectivity index (χ1) is 10.1. The van der Waals surface area contributed by atoms with Gasteiger partial charge in [0.15, 0.2) is 5.65 Å². The second-order valence-corrected chi connectivity index (χ2v) is 4.78. The fourth-order valence-corrected chi connectivity index (χ4v) is 2.16. The summed E-state index contributed by atoms with van der Waals surface area (Å²) in [6.07, 6.45) is 3.18. The summed E-state index contributed by atoms with van der Waals surface area (Å²) in [5.41, 5.74) is 1.06. The first-order valence-electron chi connectivity index (χ1n) is 5.96. The van der Waals surface area contributed by atoms with Crippen molar-refractivity contribution in [1.29, 1.82) is 0 Å². The molecule has 1 aromatic carbocycles. The Labute approximate surface area is 123 Å². The zero-order chi connectivity index (χ0) is 15.0. The van der Waals surface area contributed by atoms with Crippen LogP contribution in [0.2, 0.25) is 5.02 Å². The van der Waals surface area contributed by atoms with Crippen LogP contribution < -0.4 is 4.74 Å². The average molecular weight is 305 g/mol. The molecule has 0 fully saturated rings. The van der Waals surface area contributed by atoms with Gasteiger partial charge >= 0.3 is 0 Å². The van der Waals surface area contributed by atoms with Gasteiger partial charge in [0, 0.05) is 18.3 Å². The number of nitrogens with one attached hydrogen (secondary N) is 1. The number of halogens is 1. The van der Waals surface area contributed by atoms with Gasteiger partial charge < -0.3 is 4.74 Å². The number of benzene rings is 1. The summed E-state index contributed by atoms with van der Waals surface area (Å²) in [5.74, 6) is 0.987. The van der Waals surface area contributed by atoms with E-state index >= 15 is 0 Å². The van der Waals surface area contributed by atoms with E-state index in [2.05, 4.69) is 15.2 Å². The number of ether oxygens (including phenoxy) is 1. The lowest BCUT2D eigenvalue weighted by molar-refractivity contribution is -0.384. The second kappa shape index (κ2) is 5.02. The number of pyridine rings is 1. The molecule has 7 nitrogen and oxygen atoms in total. The third-order valence-electron chi connectivity index (χ3n) is 2.98. The number of aromatic nitrogens is 3. The Morgan fingerprint density at radius 1 is 1.38 bits per heavy atom. The third-order valence-corrected chi connectivity index (χ3v) is 3.28. The maximum atomic E-state index is 10.8. The Hall–Kier alpha value is -2.67. The number of hydrogen-bond donors (Lipinski definition) is 1. The molecule has 106 valence electrons. The molecule has 0 aliphatic rings. The van der Waals surface area contributed by atoms with Crippen molar-refractivity contribution in [2.24, 2.45) is 0 Å². The minimum Gasteiger partial charge on any atom is -0.456 e. The van der Waals surface area contributed by atoms with Crippen molar-refractivity contribution in [2.45, 2.75) is 6.92 Å². The summed E-state index contributed by atoms with van der Waals surface area (Å²) in [6.45, 7) is 1.71. The number of nitro groups is 1. The molecule has 0 atom stereocenters. The predicted molar refractivity (Wildman–Crippen MR) is 76.8 cm³/mol. The molecule has 0 saturated heterocycles. The van der Waals surface area contributed by atoms with E-state index in [1.54, 1.807) is 25.4 Å². The van der Waals surface area contributed by atoms with Crippen LogP contribution in [0.15, 0.2) is 30.6 Å². The number of nitrogens with zero attached hydrogens (tertiary/aromatic N) is 3. The van der Waals surface area contributed by atoms with Crippen molar-refractivity contribution in [3.05, 3.63) is 51.3 Å². The summed E-state index contributed by atoms with van der Waals surface area (Å²) >= 11 is 5.91. The van der Waals surface area contributed by atoms with Crippen LogP contribution in [0.4, 0.5) is 5.69 Å². The topological polar surface area (TPSA) is 93.9 Å². The number of aryl methyl sites for hydroxylation is 1. The largest absolute Gasteiger partial charge is 0.456 e. The Morgan fingerprint density at radius 2 is 2.19 bits per heavy atom. The van der Waals surface area contributed by atoms with Crippen molar-refractivity contribution in [1.82, 2.24) is 15.2 Å². The average Bonchev–Trinajstić information content (AvgIpc) is 2.91. The number of rotatable bonds is 3. The highest BCUT2D eigenvalue weighted by Crippen LogP contribution is 2.35.